The van der Waals surface area contributed by atoms with Crippen LogP contribution < -0.4 is 5.32 Å². The molecule has 0 spiro atoms. The first-order valence-corrected chi connectivity index (χ1v) is 6.17. The Morgan fingerprint density at radius 2 is 2.17 bits per heavy atom. The van der Waals surface area contributed by atoms with Crippen molar-refractivity contribution in [1.82, 2.24) is 4.98 Å². The molecule has 0 atom stereocenters. The molecule has 1 rings (SSSR count). The van der Waals surface area contributed by atoms with Gasteiger partial charge in [-0.15, -0.1) is 0 Å². The van der Waals surface area contributed by atoms with Gasteiger partial charge in [-0.1, -0.05) is 12.8 Å². The first-order chi connectivity index (χ1) is 8.79. The van der Waals surface area contributed by atoms with Gasteiger partial charge in [-0.25, -0.2) is 9.78 Å². The Balaban J connectivity index is 2.39. The molecule has 0 saturated heterocycles. The molecule has 1 aromatic heterocycles. The molecule has 2 N–H and O–H groups in total. The summed E-state index contributed by atoms with van der Waals surface area (Å²) in [5, 5.41) is 11.8. The number of pyridine rings is 1. The van der Waals surface area contributed by atoms with Crippen molar-refractivity contribution in [3.05, 3.63) is 23.9 Å². The van der Waals surface area contributed by atoms with Gasteiger partial charge in [0.2, 0.25) is 0 Å². The number of hydrogen-bond acceptors (Lipinski definition) is 5. The summed E-state index contributed by atoms with van der Waals surface area (Å²) in [5.74, 6) is 0.178. The minimum Gasteiger partial charge on any atom is -0.465 e. The van der Waals surface area contributed by atoms with Crippen molar-refractivity contribution in [2.24, 2.45) is 0 Å². The van der Waals surface area contributed by atoms with Crippen molar-refractivity contribution in [1.29, 1.82) is 0 Å². The summed E-state index contributed by atoms with van der Waals surface area (Å²) in [6.45, 7) is 1.01. The molecule has 0 aromatic carbocycles. The molecule has 0 aliphatic heterocycles. The number of aliphatic hydroxyl groups is 1. The second kappa shape index (κ2) is 8.47. The van der Waals surface area contributed by atoms with Gasteiger partial charge in [0.25, 0.3) is 0 Å². The van der Waals surface area contributed by atoms with E-state index in [1.165, 1.54) is 7.11 Å². The number of aromatic nitrogens is 1. The largest absolute Gasteiger partial charge is 0.465 e. The monoisotopic (exact) mass is 252 g/mol. The number of anilines is 1. The number of methoxy groups -OCH3 is 1. The van der Waals surface area contributed by atoms with E-state index in [9.17, 15) is 4.79 Å². The van der Waals surface area contributed by atoms with Gasteiger partial charge in [0.1, 0.15) is 11.4 Å². The number of rotatable bonds is 8. The number of aliphatic hydroxyl groups excluding tert-OH is 1. The number of nitrogens with one attached hydrogen (secondary N) is 1. The maximum absolute atomic E-state index is 11.5. The molecule has 0 saturated carbocycles. The summed E-state index contributed by atoms with van der Waals surface area (Å²) < 4.78 is 4.69. The van der Waals surface area contributed by atoms with Crippen molar-refractivity contribution >= 4 is 11.8 Å². The average molecular weight is 252 g/mol. The summed E-state index contributed by atoms with van der Waals surface area (Å²) in [4.78, 5) is 15.6. The zero-order valence-corrected chi connectivity index (χ0v) is 10.7. The zero-order valence-electron chi connectivity index (χ0n) is 10.7. The maximum Gasteiger partial charge on any atom is 0.341 e. The molecule has 1 aromatic rings. The van der Waals surface area contributed by atoms with Gasteiger partial charge >= 0.3 is 5.97 Å². The van der Waals surface area contributed by atoms with Gasteiger partial charge < -0.3 is 15.2 Å². The zero-order chi connectivity index (χ0) is 13.2. The van der Waals surface area contributed by atoms with Crippen LogP contribution in [0.25, 0.3) is 0 Å². The topological polar surface area (TPSA) is 71.5 Å². The predicted molar refractivity (Wildman–Crippen MR) is 69.6 cm³/mol. The summed E-state index contributed by atoms with van der Waals surface area (Å²) in [5.41, 5.74) is 0.454. The number of carbonyl (C=O) groups excluding carboxylic acids is 1. The quantitative estimate of drug-likeness (QED) is 0.545. The van der Waals surface area contributed by atoms with Crippen molar-refractivity contribution in [3.8, 4) is 0 Å². The van der Waals surface area contributed by atoms with E-state index >= 15 is 0 Å². The average Bonchev–Trinajstić information content (AvgIpc) is 2.42. The Labute approximate surface area is 107 Å². The highest BCUT2D eigenvalue weighted by atomic mass is 16.5. The SMILES string of the molecule is COC(=O)c1cccnc1NCCCCCCO. The Morgan fingerprint density at radius 3 is 2.89 bits per heavy atom. The molecule has 5 nitrogen and oxygen atoms in total. The molecule has 1 heterocycles. The number of hydrogen-bond donors (Lipinski definition) is 2. The molecule has 100 valence electrons. The molecule has 0 aliphatic carbocycles. The van der Waals surface area contributed by atoms with Gasteiger partial charge in [-0.05, 0) is 25.0 Å². The Kier molecular flexibility index (Phi) is 6.79. The maximum atomic E-state index is 11.5. The highest BCUT2D eigenvalue weighted by Crippen LogP contribution is 2.12. The van der Waals surface area contributed by atoms with Gasteiger partial charge in [0.15, 0.2) is 0 Å². The number of nitrogens with zero attached hydrogens (tertiary/aromatic N) is 1. The van der Waals surface area contributed by atoms with Crippen LogP contribution in [0.2, 0.25) is 0 Å². The molecule has 0 amide bonds. The summed E-state index contributed by atoms with van der Waals surface area (Å²) >= 11 is 0. The van der Waals surface area contributed by atoms with E-state index < -0.39 is 0 Å². The van der Waals surface area contributed by atoms with Gasteiger partial charge in [-0.3, -0.25) is 0 Å². The molecule has 0 fully saturated rings. The van der Waals surface area contributed by atoms with E-state index in [0.29, 0.717) is 11.4 Å². The summed E-state index contributed by atoms with van der Waals surface area (Å²) in [6.07, 6.45) is 5.53. The number of unbranched alkanes of at least 4 members (excludes halogenated alkanes) is 3. The fourth-order valence-corrected chi connectivity index (χ4v) is 1.62. The van der Waals surface area contributed by atoms with Gasteiger partial charge in [-0.2, -0.15) is 0 Å². The molecule has 5 heteroatoms. The lowest BCUT2D eigenvalue weighted by molar-refractivity contribution is 0.0601. The minimum absolute atomic E-state index is 0.250. The standard InChI is InChI=1S/C13H20N2O3/c1-18-13(17)11-7-6-9-15-12(11)14-8-4-2-3-5-10-16/h6-7,9,16H,2-5,8,10H2,1H3,(H,14,15). The third-order valence-electron chi connectivity index (χ3n) is 2.59. The number of esters is 1. The first kappa shape index (κ1) is 14.4. The van der Waals surface area contributed by atoms with E-state index in [4.69, 9.17) is 5.11 Å². The highest BCUT2D eigenvalue weighted by Gasteiger charge is 2.11. The Morgan fingerprint density at radius 1 is 1.39 bits per heavy atom. The van der Waals surface area contributed by atoms with E-state index in [-0.39, 0.29) is 12.6 Å². The first-order valence-electron chi connectivity index (χ1n) is 6.17. The normalized spacial score (nSPS) is 10.1. The second-order valence-corrected chi connectivity index (χ2v) is 3.96. The van der Waals surface area contributed by atoms with Crippen LogP contribution in [0.1, 0.15) is 36.0 Å². The number of ether oxygens (including phenoxy) is 1. The van der Waals surface area contributed by atoms with Gasteiger partial charge in [0, 0.05) is 19.3 Å². The summed E-state index contributed by atoms with van der Waals surface area (Å²) in [7, 11) is 1.36. The molecule has 0 aliphatic rings. The number of carbonyl (C=O) groups is 1. The van der Waals surface area contributed by atoms with Gasteiger partial charge in [0.05, 0.1) is 7.11 Å². The highest BCUT2D eigenvalue weighted by molar-refractivity contribution is 5.94. The van der Waals surface area contributed by atoms with Crippen molar-refractivity contribution in [2.75, 3.05) is 25.6 Å². The van der Waals surface area contributed by atoms with Crippen LogP contribution in [0.5, 0.6) is 0 Å². The van der Waals surface area contributed by atoms with Crippen LogP contribution in [0.3, 0.4) is 0 Å². The fourth-order valence-electron chi connectivity index (χ4n) is 1.62. The molecule has 0 radical (unpaired) electrons. The molecule has 18 heavy (non-hydrogen) atoms. The van der Waals surface area contributed by atoms with E-state index in [2.05, 4.69) is 15.0 Å². The van der Waals surface area contributed by atoms with Crippen LogP contribution in [0.15, 0.2) is 18.3 Å². The fraction of sp³-hybridized carbons (Fsp3) is 0.538. The Bertz CT molecular complexity index is 369. The second-order valence-electron chi connectivity index (χ2n) is 3.96. The third kappa shape index (κ3) is 4.71. The minimum atomic E-state index is -0.383. The van der Waals surface area contributed by atoms with E-state index in [0.717, 1.165) is 32.2 Å². The van der Waals surface area contributed by atoms with Crippen LogP contribution in [-0.4, -0.2) is 36.3 Å². The van der Waals surface area contributed by atoms with E-state index in [1.54, 1.807) is 18.3 Å². The van der Waals surface area contributed by atoms with Crippen LogP contribution in [0.4, 0.5) is 5.82 Å². The lowest BCUT2D eigenvalue weighted by Gasteiger charge is -2.09. The van der Waals surface area contributed by atoms with Crippen LogP contribution in [-0.2, 0) is 4.74 Å². The van der Waals surface area contributed by atoms with Crippen molar-refractivity contribution < 1.29 is 14.6 Å². The molecular weight excluding hydrogens is 232 g/mol. The third-order valence-corrected chi connectivity index (χ3v) is 2.59. The molecule has 0 unspecified atom stereocenters. The smallest absolute Gasteiger partial charge is 0.341 e. The Hall–Kier alpha value is -1.62. The molecule has 0 bridgehead atoms. The van der Waals surface area contributed by atoms with Crippen LogP contribution >= 0.6 is 0 Å². The lowest BCUT2D eigenvalue weighted by atomic mass is 10.2. The van der Waals surface area contributed by atoms with Crippen molar-refractivity contribution in [3.63, 3.8) is 0 Å². The van der Waals surface area contributed by atoms with Crippen LogP contribution in [0, 0.1) is 0 Å². The molecular formula is C13H20N2O3. The lowest BCUT2D eigenvalue weighted by Crippen LogP contribution is -2.10. The summed E-state index contributed by atoms with van der Waals surface area (Å²) in [6, 6.07) is 3.39. The predicted octanol–water partition coefficient (Wildman–Crippen LogP) is 1.83. The van der Waals surface area contributed by atoms with Crippen molar-refractivity contribution in [2.45, 2.75) is 25.7 Å². The van der Waals surface area contributed by atoms with E-state index in [1.807, 2.05) is 0 Å².